The molecule has 0 atom stereocenters. The van der Waals surface area contributed by atoms with E-state index in [1.807, 2.05) is 6.07 Å². The molecule has 2 aromatic rings. The van der Waals surface area contributed by atoms with Crippen LogP contribution in [0.1, 0.15) is 29.9 Å². The van der Waals surface area contributed by atoms with Gasteiger partial charge in [0.2, 0.25) is 0 Å². The lowest BCUT2D eigenvalue weighted by Crippen LogP contribution is -2.02. The quantitative estimate of drug-likeness (QED) is 0.722. The molecule has 1 aliphatic rings. The topological polar surface area (TPSA) is 12.0 Å². The molecule has 0 aromatic heterocycles. The molecule has 0 unspecified atom stereocenters. The maximum Gasteiger partial charge on any atom is 0.160 e. The van der Waals surface area contributed by atoms with Crippen LogP contribution >= 0.6 is 23.2 Å². The fraction of sp³-hybridized carbons (Fsp3) is 0.250. The van der Waals surface area contributed by atoms with Gasteiger partial charge in [-0.25, -0.2) is 4.39 Å². The Bertz CT molecular complexity index is 615. The van der Waals surface area contributed by atoms with E-state index in [9.17, 15) is 4.39 Å². The van der Waals surface area contributed by atoms with Gasteiger partial charge in [-0.2, -0.15) is 0 Å². The predicted octanol–water partition coefficient (Wildman–Crippen LogP) is 5.62. The monoisotopic (exact) mass is 309 g/mol. The third-order valence-corrected chi connectivity index (χ3v) is 4.09. The number of hydrogen-bond acceptors (Lipinski definition) is 1. The Morgan fingerprint density at radius 2 is 1.75 bits per heavy atom. The van der Waals surface area contributed by atoms with Crippen LogP contribution in [0.2, 0.25) is 10.0 Å². The largest absolute Gasteiger partial charge is 0.381 e. The van der Waals surface area contributed by atoms with Gasteiger partial charge < -0.3 is 5.32 Å². The van der Waals surface area contributed by atoms with Crippen LogP contribution in [-0.2, 0) is 6.54 Å². The number of hydrogen-bond donors (Lipinski definition) is 1. The number of halogens is 3. The van der Waals surface area contributed by atoms with Gasteiger partial charge >= 0.3 is 0 Å². The van der Waals surface area contributed by atoms with Crippen LogP contribution in [-0.4, -0.2) is 0 Å². The van der Waals surface area contributed by atoms with Gasteiger partial charge in [-0.1, -0.05) is 47.5 Å². The van der Waals surface area contributed by atoms with Crippen molar-refractivity contribution in [2.45, 2.75) is 25.3 Å². The molecule has 1 aliphatic carbocycles. The van der Waals surface area contributed by atoms with Crippen molar-refractivity contribution in [3.8, 4) is 0 Å². The van der Waals surface area contributed by atoms with Crippen molar-refractivity contribution >= 4 is 28.9 Å². The summed E-state index contributed by atoms with van der Waals surface area (Å²) >= 11 is 11.6. The summed E-state index contributed by atoms with van der Waals surface area (Å²) in [6.45, 7) is 0.685. The second-order valence-electron chi connectivity index (χ2n) is 5.08. The smallest absolute Gasteiger partial charge is 0.160 e. The first kappa shape index (κ1) is 13.7. The Balaban J connectivity index is 1.77. The van der Waals surface area contributed by atoms with E-state index in [0.29, 0.717) is 12.5 Å². The maximum atomic E-state index is 13.4. The summed E-state index contributed by atoms with van der Waals surface area (Å²) in [5.74, 6) is 0.130. The van der Waals surface area contributed by atoms with Crippen LogP contribution in [0.4, 0.5) is 10.1 Å². The molecule has 1 nitrogen and oxygen atoms in total. The van der Waals surface area contributed by atoms with E-state index in [1.165, 1.54) is 24.0 Å². The second-order valence-corrected chi connectivity index (χ2v) is 5.89. The predicted molar refractivity (Wildman–Crippen MR) is 82.2 cm³/mol. The van der Waals surface area contributed by atoms with Crippen molar-refractivity contribution in [3.05, 3.63) is 63.4 Å². The number of anilines is 1. The zero-order chi connectivity index (χ0) is 14.1. The third kappa shape index (κ3) is 2.92. The summed E-state index contributed by atoms with van der Waals surface area (Å²) in [5, 5.41) is 3.33. The van der Waals surface area contributed by atoms with Crippen LogP contribution in [0.15, 0.2) is 36.4 Å². The lowest BCUT2D eigenvalue weighted by atomic mass is 10.0. The molecule has 0 heterocycles. The van der Waals surface area contributed by atoms with Gasteiger partial charge in [-0.05, 0) is 42.0 Å². The third-order valence-electron chi connectivity index (χ3n) is 3.54. The van der Waals surface area contributed by atoms with Crippen LogP contribution < -0.4 is 5.32 Å². The van der Waals surface area contributed by atoms with Crippen LogP contribution in [0, 0.1) is 5.82 Å². The Morgan fingerprint density at radius 3 is 2.40 bits per heavy atom. The molecule has 3 rings (SSSR count). The first-order chi connectivity index (χ1) is 9.65. The van der Waals surface area contributed by atoms with Crippen molar-refractivity contribution in [1.82, 2.24) is 0 Å². The highest BCUT2D eigenvalue weighted by molar-refractivity contribution is 6.35. The van der Waals surface area contributed by atoms with Crippen LogP contribution in [0.3, 0.4) is 0 Å². The van der Waals surface area contributed by atoms with E-state index in [0.717, 1.165) is 5.69 Å². The van der Waals surface area contributed by atoms with E-state index < -0.39 is 5.82 Å². The fourth-order valence-corrected chi connectivity index (χ4v) is 2.83. The first-order valence-electron chi connectivity index (χ1n) is 6.61. The van der Waals surface area contributed by atoms with Crippen molar-refractivity contribution in [1.29, 1.82) is 0 Å². The Morgan fingerprint density at radius 1 is 1.10 bits per heavy atom. The summed E-state index contributed by atoms with van der Waals surface area (Å²) in [7, 11) is 0. The molecule has 0 aliphatic heterocycles. The summed E-state index contributed by atoms with van der Waals surface area (Å²) in [6, 6.07) is 11.5. The van der Waals surface area contributed by atoms with E-state index in [1.54, 1.807) is 12.1 Å². The molecule has 0 radical (unpaired) electrons. The van der Waals surface area contributed by atoms with Crippen LogP contribution in [0.25, 0.3) is 0 Å². The molecule has 4 heteroatoms. The Labute approximate surface area is 127 Å². The van der Waals surface area contributed by atoms with Gasteiger partial charge in [0.05, 0.1) is 10.0 Å². The molecule has 104 valence electrons. The van der Waals surface area contributed by atoms with Crippen molar-refractivity contribution in [2.75, 3.05) is 5.32 Å². The molecule has 20 heavy (non-hydrogen) atoms. The van der Waals surface area contributed by atoms with Gasteiger partial charge in [0, 0.05) is 12.2 Å². The second kappa shape index (κ2) is 5.63. The maximum absolute atomic E-state index is 13.4. The molecular formula is C16H14Cl2FN. The lowest BCUT2D eigenvalue weighted by molar-refractivity contribution is 0.629. The average Bonchev–Trinajstić information content (AvgIpc) is 3.27. The molecule has 0 amide bonds. The van der Waals surface area contributed by atoms with Gasteiger partial charge in [0.25, 0.3) is 0 Å². The molecule has 0 bridgehead atoms. The summed E-state index contributed by atoms with van der Waals surface area (Å²) in [5.41, 5.74) is 3.40. The van der Waals surface area contributed by atoms with Gasteiger partial charge in [0.1, 0.15) is 0 Å². The molecule has 0 saturated heterocycles. The lowest BCUT2D eigenvalue weighted by Gasteiger charge is -2.12. The number of benzene rings is 2. The minimum absolute atomic E-state index is 0.0375. The normalized spacial score (nSPS) is 14.3. The minimum atomic E-state index is -0.572. The number of rotatable bonds is 4. The Kier molecular flexibility index (Phi) is 3.86. The number of nitrogens with one attached hydrogen (secondary N) is 1. The fourth-order valence-electron chi connectivity index (χ4n) is 2.34. The SMILES string of the molecule is Fc1c(Cl)cc(NCc2ccccc2C2CC2)cc1Cl. The highest BCUT2D eigenvalue weighted by Crippen LogP contribution is 2.41. The molecule has 0 spiro atoms. The van der Waals surface area contributed by atoms with E-state index in [-0.39, 0.29) is 10.0 Å². The van der Waals surface area contributed by atoms with Crippen molar-refractivity contribution in [2.24, 2.45) is 0 Å². The summed E-state index contributed by atoms with van der Waals surface area (Å²) < 4.78 is 13.4. The highest BCUT2D eigenvalue weighted by Gasteiger charge is 2.25. The van der Waals surface area contributed by atoms with Gasteiger partial charge in [-0.3, -0.25) is 0 Å². The van der Waals surface area contributed by atoms with E-state index in [2.05, 4.69) is 23.5 Å². The van der Waals surface area contributed by atoms with E-state index in [4.69, 9.17) is 23.2 Å². The molecular weight excluding hydrogens is 296 g/mol. The zero-order valence-corrected chi connectivity index (χ0v) is 12.3. The summed E-state index contributed by atoms with van der Waals surface area (Å²) in [6.07, 6.45) is 2.54. The Hall–Kier alpha value is -1.25. The van der Waals surface area contributed by atoms with Gasteiger partial charge in [-0.15, -0.1) is 0 Å². The highest BCUT2D eigenvalue weighted by atomic mass is 35.5. The summed E-state index contributed by atoms with van der Waals surface area (Å²) in [4.78, 5) is 0. The zero-order valence-electron chi connectivity index (χ0n) is 10.8. The van der Waals surface area contributed by atoms with Crippen LogP contribution in [0.5, 0.6) is 0 Å². The molecule has 2 aromatic carbocycles. The first-order valence-corrected chi connectivity index (χ1v) is 7.37. The molecule has 1 N–H and O–H groups in total. The minimum Gasteiger partial charge on any atom is -0.381 e. The average molecular weight is 310 g/mol. The molecule has 1 saturated carbocycles. The van der Waals surface area contributed by atoms with Crippen molar-refractivity contribution < 1.29 is 4.39 Å². The van der Waals surface area contributed by atoms with E-state index >= 15 is 0 Å². The van der Waals surface area contributed by atoms with Crippen molar-refractivity contribution in [3.63, 3.8) is 0 Å². The molecule has 1 fully saturated rings. The standard InChI is InChI=1S/C16H14Cl2FN/c17-14-7-12(8-15(18)16(14)19)20-9-11-3-1-2-4-13(11)10-5-6-10/h1-4,7-8,10,20H,5-6,9H2. The van der Waals surface area contributed by atoms with Gasteiger partial charge in [0.15, 0.2) is 5.82 Å².